The number of pyridine rings is 1. The fourth-order valence-corrected chi connectivity index (χ4v) is 6.58. The molecule has 1 saturated heterocycles. The predicted octanol–water partition coefficient (Wildman–Crippen LogP) is 6.10. The number of amides is 1. The van der Waals surface area contributed by atoms with Crippen LogP contribution >= 0.6 is 11.3 Å². The number of benzene rings is 2. The van der Waals surface area contributed by atoms with Crippen molar-refractivity contribution in [1.29, 1.82) is 0 Å². The summed E-state index contributed by atoms with van der Waals surface area (Å²) in [6.45, 7) is 5.52. The summed E-state index contributed by atoms with van der Waals surface area (Å²) >= 11 is 1.63. The third kappa shape index (κ3) is 9.63. The number of carbonyl (C=O) groups is 1. The van der Waals surface area contributed by atoms with Gasteiger partial charge in [0.15, 0.2) is 0 Å². The van der Waals surface area contributed by atoms with Gasteiger partial charge in [-0.2, -0.15) is 11.3 Å². The van der Waals surface area contributed by atoms with Crippen molar-refractivity contribution in [1.82, 2.24) is 20.3 Å². The van der Waals surface area contributed by atoms with E-state index in [0.717, 1.165) is 55.8 Å². The average Bonchev–Trinajstić information content (AvgIpc) is 3.60. The number of thiophene rings is 1. The van der Waals surface area contributed by atoms with Crippen molar-refractivity contribution >= 4 is 34.0 Å². The Labute approximate surface area is 274 Å². The van der Waals surface area contributed by atoms with Gasteiger partial charge in [-0.3, -0.25) is 10.1 Å². The van der Waals surface area contributed by atoms with Crippen LogP contribution in [0.3, 0.4) is 0 Å². The summed E-state index contributed by atoms with van der Waals surface area (Å²) in [6, 6.07) is 16.1. The number of phenols is 1. The van der Waals surface area contributed by atoms with Gasteiger partial charge in [-0.15, -0.1) is 5.06 Å². The van der Waals surface area contributed by atoms with E-state index in [4.69, 9.17) is 4.84 Å². The van der Waals surface area contributed by atoms with Gasteiger partial charge in [0.25, 0.3) is 0 Å². The van der Waals surface area contributed by atoms with Crippen LogP contribution in [0.1, 0.15) is 56.6 Å². The lowest BCUT2D eigenvalue weighted by Crippen LogP contribution is -2.47. The quantitative estimate of drug-likeness (QED) is 0.0924. The summed E-state index contributed by atoms with van der Waals surface area (Å²) in [5, 5.41) is 33.4. The highest BCUT2D eigenvalue weighted by atomic mass is 32.1. The lowest BCUT2D eigenvalue weighted by Gasteiger charge is -2.33. The van der Waals surface area contributed by atoms with Gasteiger partial charge in [-0.05, 0) is 72.1 Å². The molecule has 2 aromatic carbocycles. The van der Waals surface area contributed by atoms with Gasteiger partial charge < -0.3 is 30.3 Å². The smallest absolute Gasteiger partial charge is 0.430 e. The first kappa shape index (κ1) is 33.6. The van der Waals surface area contributed by atoms with E-state index in [-0.39, 0.29) is 11.3 Å². The summed E-state index contributed by atoms with van der Waals surface area (Å²) in [5.41, 5.74) is 3.56. The van der Waals surface area contributed by atoms with Crippen molar-refractivity contribution < 1.29 is 19.8 Å². The topological polar surface area (TPSA) is 130 Å². The third-order valence-electron chi connectivity index (χ3n) is 8.47. The SMILES string of the molecule is O=C(Nc1ccccc1-c1ccsc1)ON1CCN(CCCCCCCCCNC[C@H](O)c2ccc(O)c3[nH]c(=O)ccc23)CC1. The van der Waals surface area contributed by atoms with E-state index in [1.165, 1.54) is 44.2 Å². The molecule has 1 atom stereocenters. The van der Waals surface area contributed by atoms with Gasteiger partial charge in [0.2, 0.25) is 5.56 Å². The number of aromatic amines is 1. The Morgan fingerprint density at radius 2 is 1.70 bits per heavy atom. The Morgan fingerprint density at radius 3 is 2.48 bits per heavy atom. The van der Waals surface area contributed by atoms with Crippen molar-refractivity contribution in [2.45, 2.75) is 51.0 Å². The normalized spacial score (nSPS) is 14.8. The van der Waals surface area contributed by atoms with Crippen LogP contribution in [0.25, 0.3) is 22.0 Å². The lowest BCUT2D eigenvalue weighted by atomic mass is 10.0. The summed E-state index contributed by atoms with van der Waals surface area (Å²) in [5.74, 6) is -0.00383. The Balaban J connectivity index is 0.869. The highest BCUT2D eigenvalue weighted by Crippen LogP contribution is 2.30. The Hall–Kier alpha value is -3.74. The first-order chi connectivity index (χ1) is 22.5. The summed E-state index contributed by atoms with van der Waals surface area (Å²) in [6.07, 6.45) is 7.10. The summed E-state index contributed by atoms with van der Waals surface area (Å²) in [4.78, 5) is 34.9. The zero-order valence-electron chi connectivity index (χ0n) is 26.2. The van der Waals surface area contributed by atoms with E-state index < -0.39 is 12.2 Å². The molecule has 0 bridgehead atoms. The minimum Gasteiger partial charge on any atom is -0.506 e. The summed E-state index contributed by atoms with van der Waals surface area (Å²) in [7, 11) is 0. The van der Waals surface area contributed by atoms with Crippen molar-refractivity contribution in [3.8, 4) is 16.9 Å². The molecule has 0 saturated carbocycles. The van der Waals surface area contributed by atoms with Gasteiger partial charge in [-0.1, -0.05) is 56.4 Å². The molecule has 2 aromatic heterocycles. The first-order valence-corrected chi connectivity index (χ1v) is 17.2. The molecule has 5 rings (SSSR count). The monoisotopic (exact) mass is 647 g/mol. The molecule has 1 aliphatic heterocycles. The molecule has 0 radical (unpaired) electrons. The number of para-hydroxylation sites is 1. The number of nitrogens with zero attached hydrogens (tertiary/aromatic N) is 2. The molecule has 5 N–H and O–H groups in total. The molecule has 3 heterocycles. The van der Waals surface area contributed by atoms with Gasteiger partial charge in [-0.25, -0.2) is 4.79 Å². The van der Waals surface area contributed by atoms with Gasteiger partial charge in [0, 0.05) is 49.7 Å². The van der Waals surface area contributed by atoms with Crippen LogP contribution in [0.5, 0.6) is 5.75 Å². The Morgan fingerprint density at radius 1 is 0.935 bits per heavy atom. The second kappa shape index (κ2) is 17.3. The van der Waals surface area contributed by atoms with E-state index >= 15 is 0 Å². The number of nitrogens with one attached hydrogen (secondary N) is 3. The number of aliphatic hydroxyl groups is 1. The van der Waals surface area contributed by atoms with Crippen LogP contribution in [0, 0.1) is 0 Å². The van der Waals surface area contributed by atoms with Crippen molar-refractivity contribution in [3.05, 3.63) is 81.3 Å². The zero-order chi connectivity index (χ0) is 32.1. The zero-order valence-corrected chi connectivity index (χ0v) is 27.1. The van der Waals surface area contributed by atoms with E-state index in [1.807, 2.05) is 35.7 Å². The molecule has 0 spiro atoms. The fraction of sp³-hybridized carbons (Fsp3) is 0.429. The number of fused-ring (bicyclic) bond motifs is 1. The molecule has 0 unspecified atom stereocenters. The molecular formula is C35H45N5O5S. The Kier molecular flexibility index (Phi) is 12.6. The molecular weight excluding hydrogens is 602 g/mol. The number of rotatable bonds is 16. The largest absolute Gasteiger partial charge is 0.506 e. The number of anilines is 1. The number of aromatic hydroxyl groups is 1. The van der Waals surface area contributed by atoms with Crippen LogP contribution in [-0.4, -0.2) is 77.1 Å². The van der Waals surface area contributed by atoms with Crippen molar-refractivity contribution in [3.63, 3.8) is 0 Å². The number of unbranched alkanes of at least 4 members (excludes halogenated alkanes) is 6. The Bertz CT molecular complexity index is 1590. The molecule has 1 amide bonds. The number of aliphatic hydroxyl groups excluding tert-OH is 1. The number of carbonyl (C=O) groups excluding carboxylic acids is 1. The second-order valence-corrected chi connectivity index (χ2v) is 12.6. The number of hydroxylamine groups is 2. The second-order valence-electron chi connectivity index (χ2n) is 11.8. The van der Waals surface area contributed by atoms with E-state index in [2.05, 4.69) is 25.9 Å². The molecule has 46 heavy (non-hydrogen) atoms. The fourth-order valence-electron chi connectivity index (χ4n) is 5.92. The standard InChI is InChI=1S/C35H45N5O5S/c41-31-14-12-28(29-13-15-33(43)38-34(29)31)32(42)24-36-17-8-4-2-1-3-5-9-18-39-19-21-40(22-20-39)45-35(44)37-30-11-7-6-10-27(30)26-16-23-46-25-26/h6-7,10-16,23,25,32,36,41-42H,1-5,8-9,17-22,24H2,(H,37,44)(H,38,43)/t32-/m0/s1. The number of aromatic nitrogens is 1. The number of hydrogen-bond acceptors (Lipinski definition) is 9. The van der Waals surface area contributed by atoms with E-state index in [1.54, 1.807) is 28.5 Å². The maximum Gasteiger partial charge on any atom is 0.430 e. The highest BCUT2D eigenvalue weighted by molar-refractivity contribution is 7.08. The molecule has 10 nitrogen and oxygen atoms in total. The van der Waals surface area contributed by atoms with Crippen LogP contribution in [0.4, 0.5) is 10.5 Å². The first-order valence-electron chi connectivity index (χ1n) is 16.3. The van der Waals surface area contributed by atoms with Crippen LogP contribution in [0.15, 0.2) is 70.2 Å². The maximum absolute atomic E-state index is 12.6. The number of hydrogen-bond donors (Lipinski definition) is 5. The molecule has 246 valence electrons. The summed E-state index contributed by atoms with van der Waals surface area (Å²) < 4.78 is 0. The van der Waals surface area contributed by atoms with E-state index in [0.29, 0.717) is 36.1 Å². The number of phenolic OH excluding ortho intramolecular Hbond substituents is 1. The molecule has 1 fully saturated rings. The van der Waals surface area contributed by atoms with Crippen LogP contribution < -0.4 is 16.2 Å². The molecule has 11 heteroatoms. The van der Waals surface area contributed by atoms with Gasteiger partial charge >= 0.3 is 6.09 Å². The number of piperazine rings is 1. The van der Waals surface area contributed by atoms with Gasteiger partial charge in [0.1, 0.15) is 5.75 Å². The van der Waals surface area contributed by atoms with Crippen molar-refractivity contribution in [2.75, 3.05) is 51.1 Å². The molecule has 0 aliphatic carbocycles. The van der Waals surface area contributed by atoms with Crippen molar-refractivity contribution in [2.24, 2.45) is 0 Å². The molecule has 1 aliphatic rings. The minimum atomic E-state index is -0.728. The number of H-pyrrole nitrogens is 1. The average molecular weight is 648 g/mol. The lowest BCUT2D eigenvalue weighted by molar-refractivity contribution is -0.118. The van der Waals surface area contributed by atoms with Crippen LogP contribution in [0.2, 0.25) is 0 Å². The van der Waals surface area contributed by atoms with E-state index in [9.17, 15) is 19.8 Å². The maximum atomic E-state index is 12.6. The predicted molar refractivity (Wildman–Crippen MR) is 184 cm³/mol. The third-order valence-corrected chi connectivity index (χ3v) is 9.15. The minimum absolute atomic E-state index is 0.00383. The van der Waals surface area contributed by atoms with Gasteiger partial charge in [0.05, 0.1) is 17.3 Å². The molecule has 4 aromatic rings. The highest BCUT2D eigenvalue weighted by Gasteiger charge is 2.20. The van der Waals surface area contributed by atoms with Crippen LogP contribution in [-0.2, 0) is 4.84 Å².